The maximum absolute atomic E-state index is 12.5. The summed E-state index contributed by atoms with van der Waals surface area (Å²) in [5.74, 6) is 0.685. The number of hydrogen-bond acceptors (Lipinski definition) is 5. The van der Waals surface area contributed by atoms with Crippen LogP contribution in [-0.4, -0.2) is 35.3 Å². The molecule has 0 bridgehead atoms. The van der Waals surface area contributed by atoms with Crippen molar-refractivity contribution in [2.45, 2.75) is 13.8 Å². The second-order valence-corrected chi connectivity index (χ2v) is 6.10. The van der Waals surface area contributed by atoms with E-state index in [4.69, 9.17) is 17.0 Å². The summed E-state index contributed by atoms with van der Waals surface area (Å²) in [6.07, 6.45) is 1.89. The van der Waals surface area contributed by atoms with Crippen molar-refractivity contribution < 1.29 is 9.53 Å². The van der Waals surface area contributed by atoms with Crippen molar-refractivity contribution in [2.75, 3.05) is 25.1 Å². The Labute approximate surface area is 134 Å². The molecule has 0 atom stereocenters. The molecule has 1 aromatic carbocycles. The van der Waals surface area contributed by atoms with Gasteiger partial charge in [0.1, 0.15) is 5.75 Å². The predicted molar refractivity (Wildman–Crippen MR) is 91.7 cm³/mol. The fourth-order valence-electron chi connectivity index (χ4n) is 1.98. The van der Waals surface area contributed by atoms with E-state index >= 15 is 0 Å². The van der Waals surface area contributed by atoms with E-state index in [2.05, 4.69) is 18.7 Å². The first kappa shape index (κ1) is 15.9. The van der Waals surface area contributed by atoms with Crippen LogP contribution in [0.15, 0.2) is 35.4 Å². The number of carbonyl (C=O) groups is 1. The molecule has 0 spiro atoms. The van der Waals surface area contributed by atoms with Gasteiger partial charge in [0.25, 0.3) is 5.91 Å². The van der Waals surface area contributed by atoms with Gasteiger partial charge in [0.15, 0.2) is 4.32 Å². The zero-order valence-electron chi connectivity index (χ0n) is 12.3. The molecule has 1 aliphatic heterocycles. The third-order valence-electron chi connectivity index (χ3n) is 3.24. The molecule has 2 rings (SSSR count). The number of methoxy groups -OCH3 is 1. The Morgan fingerprint density at radius 2 is 1.90 bits per heavy atom. The fourth-order valence-corrected chi connectivity index (χ4v) is 3.29. The molecular weight excluding hydrogens is 304 g/mol. The van der Waals surface area contributed by atoms with Crippen LogP contribution in [0.1, 0.15) is 13.8 Å². The predicted octanol–water partition coefficient (Wildman–Crippen LogP) is 3.24. The Bertz CT molecular complexity index is 566. The SMILES string of the molecule is CCN(C=C1SC(=S)N(c2ccc(OC)cc2)C1=O)CC. The summed E-state index contributed by atoms with van der Waals surface area (Å²) in [5, 5.41) is 0. The van der Waals surface area contributed by atoms with Crippen molar-refractivity contribution in [3.8, 4) is 5.75 Å². The molecule has 0 radical (unpaired) electrons. The summed E-state index contributed by atoms with van der Waals surface area (Å²) >= 11 is 6.68. The van der Waals surface area contributed by atoms with Crippen LogP contribution in [0.2, 0.25) is 0 Å². The molecule has 0 N–H and O–H groups in total. The highest BCUT2D eigenvalue weighted by atomic mass is 32.2. The lowest BCUT2D eigenvalue weighted by atomic mass is 10.2. The average molecular weight is 322 g/mol. The number of nitrogens with zero attached hydrogens (tertiary/aromatic N) is 2. The number of amides is 1. The Morgan fingerprint density at radius 1 is 1.29 bits per heavy atom. The van der Waals surface area contributed by atoms with Crippen LogP contribution in [0.4, 0.5) is 5.69 Å². The topological polar surface area (TPSA) is 32.8 Å². The molecule has 1 fully saturated rings. The summed E-state index contributed by atoms with van der Waals surface area (Å²) < 4.78 is 5.69. The highest BCUT2D eigenvalue weighted by Gasteiger charge is 2.33. The van der Waals surface area contributed by atoms with Gasteiger partial charge in [-0.15, -0.1) is 0 Å². The van der Waals surface area contributed by atoms with Crippen LogP contribution in [0, 0.1) is 0 Å². The Morgan fingerprint density at radius 3 is 2.43 bits per heavy atom. The second-order valence-electron chi connectivity index (χ2n) is 4.42. The first-order valence-electron chi connectivity index (χ1n) is 6.76. The molecule has 112 valence electrons. The van der Waals surface area contributed by atoms with Crippen molar-refractivity contribution in [2.24, 2.45) is 0 Å². The van der Waals surface area contributed by atoms with Crippen molar-refractivity contribution >= 4 is 39.9 Å². The van der Waals surface area contributed by atoms with E-state index in [1.807, 2.05) is 30.5 Å². The molecule has 4 nitrogen and oxygen atoms in total. The Hall–Kier alpha value is -1.53. The van der Waals surface area contributed by atoms with E-state index in [1.165, 1.54) is 11.8 Å². The maximum Gasteiger partial charge on any atom is 0.272 e. The lowest BCUT2D eigenvalue weighted by Gasteiger charge is -2.16. The van der Waals surface area contributed by atoms with Crippen LogP contribution >= 0.6 is 24.0 Å². The smallest absolute Gasteiger partial charge is 0.272 e. The molecule has 1 amide bonds. The van der Waals surface area contributed by atoms with Crippen molar-refractivity contribution in [1.82, 2.24) is 4.90 Å². The molecule has 0 saturated carbocycles. The molecule has 21 heavy (non-hydrogen) atoms. The average Bonchev–Trinajstić information content (AvgIpc) is 2.79. The van der Waals surface area contributed by atoms with Crippen LogP contribution in [0.25, 0.3) is 0 Å². The largest absolute Gasteiger partial charge is 0.497 e. The third kappa shape index (κ3) is 3.39. The summed E-state index contributed by atoms with van der Waals surface area (Å²) in [4.78, 5) is 16.8. The van der Waals surface area contributed by atoms with Gasteiger partial charge >= 0.3 is 0 Å². The highest BCUT2D eigenvalue weighted by Crippen LogP contribution is 2.35. The van der Waals surface area contributed by atoms with E-state index in [0.717, 1.165) is 24.5 Å². The summed E-state index contributed by atoms with van der Waals surface area (Å²) in [7, 11) is 1.61. The molecule has 1 heterocycles. The second kappa shape index (κ2) is 6.95. The first-order chi connectivity index (χ1) is 10.1. The van der Waals surface area contributed by atoms with Gasteiger partial charge in [-0.2, -0.15) is 0 Å². The number of benzene rings is 1. The van der Waals surface area contributed by atoms with E-state index in [1.54, 1.807) is 12.0 Å². The van der Waals surface area contributed by atoms with Crippen LogP contribution in [0.5, 0.6) is 5.75 Å². The van der Waals surface area contributed by atoms with Gasteiger partial charge in [-0.25, -0.2) is 0 Å². The lowest BCUT2D eigenvalue weighted by molar-refractivity contribution is -0.113. The van der Waals surface area contributed by atoms with Gasteiger partial charge in [-0.05, 0) is 38.1 Å². The van der Waals surface area contributed by atoms with Gasteiger partial charge in [0.2, 0.25) is 0 Å². The van der Waals surface area contributed by atoms with Crippen LogP contribution < -0.4 is 9.64 Å². The van der Waals surface area contributed by atoms with Gasteiger partial charge < -0.3 is 9.64 Å². The molecule has 1 aromatic rings. The van der Waals surface area contributed by atoms with E-state index in [-0.39, 0.29) is 5.91 Å². The van der Waals surface area contributed by atoms with Gasteiger partial charge in [0, 0.05) is 19.3 Å². The number of rotatable bonds is 5. The van der Waals surface area contributed by atoms with Crippen LogP contribution in [0.3, 0.4) is 0 Å². The highest BCUT2D eigenvalue weighted by molar-refractivity contribution is 8.27. The molecule has 0 aromatic heterocycles. The molecular formula is C15H18N2O2S2. The first-order valence-corrected chi connectivity index (χ1v) is 7.99. The summed E-state index contributed by atoms with van der Waals surface area (Å²) in [6.45, 7) is 5.85. The number of thiocarbonyl (C=S) groups is 1. The number of ether oxygens (including phenoxy) is 1. The molecule has 0 unspecified atom stereocenters. The Balaban J connectivity index is 2.25. The minimum atomic E-state index is -0.0675. The molecule has 1 saturated heterocycles. The van der Waals surface area contributed by atoms with Crippen LogP contribution in [-0.2, 0) is 4.79 Å². The van der Waals surface area contributed by atoms with E-state index in [9.17, 15) is 4.79 Å². The van der Waals surface area contributed by atoms with Crippen molar-refractivity contribution in [3.63, 3.8) is 0 Å². The Kier molecular flexibility index (Phi) is 5.25. The minimum absolute atomic E-state index is 0.0675. The van der Waals surface area contributed by atoms with Gasteiger partial charge in [-0.3, -0.25) is 9.69 Å². The van der Waals surface area contributed by atoms with Gasteiger partial charge in [-0.1, -0.05) is 24.0 Å². The number of carbonyl (C=O) groups excluding carboxylic acids is 1. The number of hydrogen-bond donors (Lipinski definition) is 0. The maximum atomic E-state index is 12.5. The van der Waals surface area contributed by atoms with E-state index in [0.29, 0.717) is 9.23 Å². The zero-order chi connectivity index (χ0) is 15.4. The van der Waals surface area contributed by atoms with Crippen molar-refractivity contribution in [3.05, 3.63) is 35.4 Å². The van der Waals surface area contributed by atoms with Gasteiger partial charge in [0.05, 0.1) is 17.7 Å². The number of anilines is 1. The van der Waals surface area contributed by atoms with E-state index < -0.39 is 0 Å². The summed E-state index contributed by atoms with van der Waals surface area (Å²) in [5.41, 5.74) is 0.765. The molecule has 1 aliphatic rings. The standard InChI is InChI=1S/C15H18N2O2S2/c1-4-16(5-2)10-13-14(18)17(15(20)21-13)11-6-8-12(19-3)9-7-11/h6-10H,4-5H2,1-3H3. The summed E-state index contributed by atoms with van der Waals surface area (Å²) in [6, 6.07) is 7.32. The minimum Gasteiger partial charge on any atom is -0.497 e. The normalized spacial score (nSPS) is 16.7. The molecule has 0 aliphatic carbocycles. The molecule has 6 heteroatoms. The quantitative estimate of drug-likeness (QED) is 0.614. The zero-order valence-corrected chi connectivity index (χ0v) is 14.0. The fraction of sp³-hybridized carbons (Fsp3) is 0.333. The van der Waals surface area contributed by atoms with Crippen molar-refractivity contribution in [1.29, 1.82) is 0 Å². The monoisotopic (exact) mass is 322 g/mol. The third-order valence-corrected chi connectivity index (χ3v) is 4.53. The lowest BCUT2D eigenvalue weighted by Crippen LogP contribution is -2.28. The number of thioether (sulfide) groups is 1.